The van der Waals surface area contributed by atoms with Crippen LogP contribution in [0.5, 0.6) is 0 Å². The average Bonchev–Trinajstić information content (AvgIpc) is 2.72. The number of aryl methyl sites for hydroxylation is 2. The summed E-state index contributed by atoms with van der Waals surface area (Å²) in [4.78, 5) is 0. The van der Waals surface area contributed by atoms with Crippen LogP contribution in [0.2, 0.25) is 0 Å². The molecule has 0 amide bonds. The lowest BCUT2D eigenvalue weighted by Gasteiger charge is -2.22. The molecule has 18 heavy (non-hydrogen) atoms. The lowest BCUT2D eigenvalue weighted by Crippen LogP contribution is -2.12. The zero-order valence-electron chi connectivity index (χ0n) is 10.8. The third-order valence-corrected chi connectivity index (χ3v) is 4.10. The first-order valence-electron chi connectivity index (χ1n) is 6.80. The summed E-state index contributed by atoms with van der Waals surface area (Å²) < 4.78 is 2.39. The van der Waals surface area contributed by atoms with Gasteiger partial charge in [0.1, 0.15) is 0 Å². The Hall–Kier alpha value is -1.75. The summed E-state index contributed by atoms with van der Waals surface area (Å²) in [6.45, 7) is 3.15. The van der Waals surface area contributed by atoms with E-state index in [9.17, 15) is 0 Å². The Kier molecular flexibility index (Phi) is 2.83. The second-order valence-corrected chi connectivity index (χ2v) is 5.23. The lowest BCUT2D eigenvalue weighted by atomic mass is 9.88. The first-order valence-corrected chi connectivity index (χ1v) is 6.80. The lowest BCUT2D eigenvalue weighted by molar-refractivity contribution is 0.542. The van der Waals surface area contributed by atoms with E-state index >= 15 is 0 Å². The molecule has 0 saturated heterocycles. The van der Waals surface area contributed by atoms with Crippen molar-refractivity contribution >= 4 is 10.9 Å². The van der Waals surface area contributed by atoms with E-state index < -0.39 is 0 Å². The normalized spacial score (nSPS) is 18.6. The Morgan fingerprint density at radius 3 is 3.06 bits per heavy atom. The molecule has 1 heterocycles. The largest absolute Gasteiger partial charge is 0.343 e. The van der Waals surface area contributed by atoms with Crippen LogP contribution in [0, 0.1) is 11.3 Å². The number of benzene rings is 1. The van der Waals surface area contributed by atoms with Crippen LogP contribution in [0.25, 0.3) is 10.9 Å². The minimum atomic E-state index is 0.595. The van der Waals surface area contributed by atoms with Gasteiger partial charge in [0.05, 0.1) is 12.5 Å². The van der Waals surface area contributed by atoms with Crippen molar-refractivity contribution in [2.75, 3.05) is 0 Å². The summed E-state index contributed by atoms with van der Waals surface area (Å²) in [6, 6.07) is 10.9. The maximum Gasteiger partial charge on any atom is 0.0640 e. The van der Waals surface area contributed by atoms with Gasteiger partial charge in [0.2, 0.25) is 0 Å². The summed E-state index contributed by atoms with van der Waals surface area (Å²) in [6.07, 6.45) is 4.36. The number of para-hydroxylation sites is 1. The molecule has 0 aliphatic heterocycles. The molecule has 2 heteroatoms. The Balaban J connectivity index is 2.24. The maximum atomic E-state index is 8.84. The fourth-order valence-corrected chi connectivity index (χ4v) is 3.35. The van der Waals surface area contributed by atoms with Crippen molar-refractivity contribution in [3.8, 4) is 6.07 Å². The predicted octanol–water partition coefficient (Wildman–Crippen LogP) is 3.99. The first-order chi connectivity index (χ1) is 8.83. The molecule has 0 N–H and O–H groups in total. The molecule has 1 aliphatic carbocycles. The number of rotatable bonds is 2. The van der Waals surface area contributed by atoms with Gasteiger partial charge in [-0.25, -0.2) is 0 Å². The van der Waals surface area contributed by atoms with Crippen LogP contribution in [-0.4, -0.2) is 4.57 Å². The standard InChI is InChI=1S/C16H18N2/c1-12-6-4-8-14-13-7-2-3-9-15(13)18(16(12)14)11-5-10-17/h2-3,7,9,12H,4-6,8,11H2,1H3. The van der Waals surface area contributed by atoms with Gasteiger partial charge in [0.15, 0.2) is 0 Å². The van der Waals surface area contributed by atoms with E-state index in [0.29, 0.717) is 12.3 Å². The van der Waals surface area contributed by atoms with Gasteiger partial charge in [-0.1, -0.05) is 25.1 Å². The monoisotopic (exact) mass is 238 g/mol. The topological polar surface area (TPSA) is 28.7 Å². The van der Waals surface area contributed by atoms with Crippen LogP contribution in [0.1, 0.15) is 43.4 Å². The average molecular weight is 238 g/mol. The van der Waals surface area contributed by atoms with Crippen molar-refractivity contribution in [2.24, 2.45) is 0 Å². The number of hydrogen-bond donors (Lipinski definition) is 0. The molecule has 1 unspecified atom stereocenters. The van der Waals surface area contributed by atoms with E-state index in [4.69, 9.17) is 5.26 Å². The molecular weight excluding hydrogens is 220 g/mol. The zero-order valence-corrected chi connectivity index (χ0v) is 10.8. The van der Waals surface area contributed by atoms with Crippen molar-refractivity contribution in [3.63, 3.8) is 0 Å². The molecular formula is C16H18N2. The van der Waals surface area contributed by atoms with Gasteiger partial charge in [-0.05, 0) is 36.8 Å². The quantitative estimate of drug-likeness (QED) is 0.777. The van der Waals surface area contributed by atoms with Gasteiger partial charge in [0, 0.05) is 23.1 Å². The van der Waals surface area contributed by atoms with Crippen LogP contribution in [0.3, 0.4) is 0 Å². The predicted molar refractivity (Wildman–Crippen MR) is 73.5 cm³/mol. The smallest absolute Gasteiger partial charge is 0.0640 e. The third-order valence-electron chi connectivity index (χ3n) is 4.10. The van der Waals surface area contributed by atoms with Crippen molar-refractivity contribution in [3.05, 3.63) is 35.5 Å². The summed E-state index contributed by atoms with van der Waals surface area (Å²) in [7, 11) is 0. The van der Waals surface area contributed by atoms with Gasteiger partial charge in [-0.2, -0.15) is 5.26 Å². The van der Waals surface area contributed by atoms with Gasteiger partial charge in [-0.15, -0.1) is 0 Å². The summed E-state index contributed by atoms with van der Waals surface area (Å²) in [5.41, 5.74) is 4.33. The number of fused-ring (bicyclic) bond motifs is 3. The molecule has 1 aromatic carbocycles. The fourth-order valence-electron chi connectivity index (χ4n) is 3.35. The highest BCUT2D eigenvalue weighted by molar-refractivity contribution is 5.86. The van der Waals surface area contributed by atoms with Crippen molar-refractivity contribution in [1.29, 1.82) is 5.26 Å². The van der Waals surface area contributed by atoms with Crippen LogP contribution in [-0.2, 0) is 13.0 Å². The highest BCUT2D eigenvalue weighted by Gasteiger charge is 2.24. The number of aromatic nitrogens is 1. The molecule has 1 atom stereocenters. The SMILES string of the molecule is CC1CCCc2c1n(CCC#N)c1ccccc21. The number of nitrogens with zero attached hydrogens (tertiary/aromatic N) is 2. The van der Waals surface area contributed by atoms with Crippen LogP contribution in [0.15, 0.2) is 24.3 Å². The van der Waals surface area contributed by atoms with Gasteiger partial charge in [0.25, 0.3) is 0 Å². The van der Waals surface area contributed by atoms with E-state index in [0.717, 1.165) is 6.54 Å². The maximum absolute atomic E-state index is 8.84. The second kappa shape index (κ2) is 4.49. The summed E-state index contributed by atoms with van der Waals surface area (Å²) in [5.74, 6) is 0.625. The summed E-state index contributed by atoms with van der Waals surface area (Å²) in [5, 5.41) is 10.2. The zero-order chi connectivity index (χ0) is 12.5. The van der Waals surface area contributed by atoms with Gasteiger partial charge in [-0.3, -0.25) is 0 Å². The van der Waals surface area contributed by atoms with E-state index in [1.807, 2.05) is 0 Å². The highest BCUT2D eigenvalue weighted by Crippen LogP contribution is 2.38. The number of hydrogen-bond acceptors (Lipinski definition) is 1. The van der Waals surface area contributed by atoms with Crippen LogP contribution < -0.4 is 0 Å². The third kappa shape index (κ3) is 1.62. The molecule has 3 rings (SSSR count). The Morgan fingerprint density at radius 1 is 1.39 bits per heavy atom. The van der Waals surface area contributed by atoms with Gasteiger partial charge >= 0.3 is 0 Å². The molecule has 2 aromatic rings. The molecule has 92 valence electrons. The van der Waals surface area contributed by atoms with Crippen molar-refractivity contribution in [1.82, 2.24) is 4.57 Å². The fraction of sp³-hybridized carbons (Fsp3) is 0.438. The molecule has 0 fully saturated rings. The Labute approximate surface area is 108 Å². The van der Waals surface area contributed by atoms with Crippen molar-refractivity contribution < 1.29 is 0 Å². The molecule has 1 aromatic heterocycles. The molecule has 0 saturated carbocycles. The van der Waals surface area contributed by atoms with E-state index in [2.05, 4.69) is 41.8 Å². The Morgan fingerprint density at radius 2 is 2.22 bits per heavy atom. The van der Waals surface area contributed by atoms with E-state index in [1.54, 1.807) is 0 Å². The van der Waals surface area contributed by atoms with E-state index in [1.165, 1.54) is 41.4 Å². The second-order valence-electron chi connectivity index (χ2n) is 5.23. The Bertz CT molecular complexity index is 616. The van der Waals surface area contributed by atoms with Crippen LogP contribution >= 0.6 is 0 Å². The van der Waals surface area contributed by atoms with Crippen molar-refractivity contribution in [2.45, 2.75) is 45.1 Å². The van der Waals surface area contributed by atoms with E-state index in [-0.39, 0.29) is 0 Å². The molecule has 2 nitrogen and oxygen atoms in total. The molecule has 0 bridgehead atoms. The molecule has 0 spiro atoms. The molecule has 0 radical (unpaired) electrons. The minimum absolute atomic E-state index is 0.595. The minimum Gasteiger partial charge on any atom is -0.343 e. The molecule has 1 aliphatic rings. The van der Waals surface area contributed by atoms with Gasteiger partial charge < -0.3 is 4.57 Å². The highest BCUT2D eigenvalue weighted by atomic mass is 15.0. The first kappa shape index (κ1) is 11.3. The van der Waals surface area contributed by atoms with Crippen LogP contribution in [0.4, 0.5) is 0 Å². The summed E-state index contributed by atoms with van der Waals surface area (Å²) >= 11 is 0. The number of nitriles is 1.